The van der Waals surface area contributed by atoms with E-state index in [9.17, 15) is 9.90 Å². The predicted octanol–water partition coefficient (Wildman–Crippen LogP) is 3.13. The summed E-state index contributed by atoms with van der Waals surface area (Å²) in [6.45, 7) is 8.43. The summed E-state index contributed by atoms with van der Waals surface area (Å²) in [4.78, 5) is 11.4. The average Bonchev–Trinajstić information content (AvgIpc) is 2.45. The van der Waals surface area contributed by atoms with Gasteiger partial charge in [0, 0.05) is 6.54 Å². The molecule has 0 spiro atoms. The number of nitrogens with one attached hydrogen (secondary N) is 1. The second-order valence-corrected chi connectivity index (χ2v) is 7.23. The molecule has 0 bridgehead atoms. The number of rotatable bonds is 6. The summed E-state index contributed by atoms with van der Waals surface area (Å²) in [7, 11) is 0. The van der Waals surface area contributed by atoms with Crippen LogP contribution in [0.2, 0.25) is 0 Å². The fourth-order valence-corrected chi connectivity index (χ4v) is 2.79. The van der Waals surface area contributed by atoms with Gasteiger partial charge < -0.3 is 15.2 Å². The maximum atomic E-state index is 11.4. The molecule has 0 amide bonds. The lowest BCUT2D eigenvalue weighted by Gasteiger charge is -2.23. The first-order chi connectivity index (χ1) is 10.4. The Morgan fingerprint density at radius 3 is 2.86 bits per heavy atom. The number of hydrogen-bond acceptors (Lipinski definition) is 3. The molecule has 4 nitrogen and oxygen atoms in total. The molecular formula is C18H27NO3. The molecule has 1 aliphatic rings. The van der Waals surface area contributed by atoms with Crippen molar-refractivity contribution in [1.82, 2.24) is 5.32 Å². The number of carboxylic acids is 1. The van der Waals surface area contributed by atoms with Crippen LogP contribution in [0.3, 0.4) is 0 Å². The van der Waals surface area contributed by atoms with Gasteiger partial charge in [0.15, 0.2) is 0 Å². The third kappa shape index (κ3) is 4.82. The van der Waals surface area contributed by atoms with Crippen LogP contribution < -0.4 is 5.32 Å². The van der Waals surface area contributed by atoms with Gasteiger partial charge >= 0.3 is 5.97 Å². The van der Waals surface area contributed by atoms with Crippen molar-refractivity contribution >= 4 is 5.97 Å². The number of benzene rings is 1. The molecule has 0 saturated heterocycles. The minimum absolute atomic E-state index is 0.151. The van der Waals surface area contributed by atoms with Gasteiger partial charge in [-0.1, -0.05) is 39.0 Å². The van der Waals surface area contributed by atoms with E-state index in [2.05, 4.69) is 38.2 Å². The van der Waals surface area contributed by atoms with Crippen LogP contribution in [0.4, 0.5) is 0 Å². The molecule has 1 aliphatic heterocycles. The number of carbonyl (C=O) groups is 1. The fourth-order valence-electron chi connectivity index (χ4n) is 2.79. The third-order valence-electron chi connectivity index (χ3n) is 4.14. The maximum absolute atomic E-state index is 11.4. The van der Waals surface area contributed by atoms with E-state index < -0.39 is 12.0 Å². The summed E-state index contributed by atoms with van der Waals surface area (Å²) in [5.41, 5.74) is 3.90. The lowest BCUT2D eigenvalue weighted by molar-refractivity contribution is -0.139. The quantitative estimate of drug-likeness (QED) is 0.848. The summed E-state index contributed by atoms with van der Waals surface area (Å²) in [5, 5.41) is 12.6. The predicted molar refractivity (Wildman–Crippen MR) is 86.8 cm³/mol. The molecule has 0 radical (unpaired) electrons. The first-order valence-corrected chi connectivity index (χ1v) is 8.00. The Bertz CT molecular complexity index is 520. The normalized spacial score (nSPS) is 16.1. The molecule has 1 aromatic carbocycles. The van der Waals surface area contributed by atoms with Crippen LogP contribution in [0.5, 0.6) is 0 Å². The highest BCUT2D eigenvalue weighted by atomic mass is 16.5. The number of aliphatic carboxylic acids is 1. The summed E-state index contributed by atoms with van der Waals surface area (Å²) in [6.07, 6.45) is 2.45. The van der Waals surface area contributed by atoms with E-state index in [1.165, 1.54) is 16.7 Å². The highest BCUT2D eigenvalue weighted by Crippen LogP contribution is 2.23. The minimum atomic E-state index is -0.766. The van der Waals surface area contributed by atoms with Gasteiger partial charge in [0.05, 0.1) is 13.2 Å². The van der Waals surface area contributed by atoms with Gasteiger partial charge in [-0.3, -0.25) is 4.79 Å². The molecule has 22 heavy (non-hydrogen) atoms. The summed E-state index contributed by atoms with van der Waals surface area (Å²) in [5.74, 6) is -0.766. The van der Waals surface area contributed by atoms with Crippen molar-refractivity contribution in [2.24, 2.45) is 5.41 Å². The Kier molecular flexibility index (Phi) is 5.59. The Morgan fingerprint density at radius 1 is 1.41 bits per heavy atom. The SMILES string of the molecule is CC(C)(C)CC[C@H](NCc1cccc2c1CCOC2)C(=O)O. The van der Waals surface area contributed by atoms with Gasteiger partial charge in [0.25, 0.3) is 0 Å². The van der Waals surface area contributed by atoms with E-state index >= 15 is 0 Å². The zero-order valence-electron chi connectivity index (χ0n) is 13.8. The van der Waals surface area contributed by atoms with Gasteiger partial charge in [-0.2, -0.15) is 0 Å². The largest absolute Gasteiger partial charge is 0.480 e. The lowest BCUT2D eigenvalue weighted by Crippen LogP contribution is -2.37. The van der Waals surface area contributed by atoms with Crippen molar-refractivity contribution in [3.05, 3.63) is 34.9 Å². The Morgan fingerprint density at radius 2 is 2.18 bits per heavy atom. The van der Waals surface area contributed by atoms with Crippen LogP contribution in [0.15, 0.2) is 18.2 Å². The molecule has 2 N–H and O–H groups in total. The van der Waals surface area contributed by atoms with Gasteiger partial charge in [0.2, 0.25) is 0 Å². The standard InChI is InChI=1S/C18H27NO3/c1-18(2,3)9-7-16(17(20)21)19-11-13-5-4-6-14-12-22-10-8-15(13)14/h4-6,16,19H,7-12H2,1-3H3,(H,20,21)/t16-/m0/s1. The van der Waals surface area contributed by atoms with Crippen molar-refractivity contribution in [3.63, 3.8) is 0 Å². The van der Waals surface area contributed by atoms with E-state index in [4.69, 9.17) is 4.74 Å². The van der Waals surface area contributed by atoms with Crippen LogP contribution in [0.1, 0.15) is 50.3 Å². The van der Waals surface area contributed by atoms with Gasteiger partial charge in [-0.05, 0) is 41.4 Å². The molecule has 0 fully saturated rings. The zero-order chi connectivity index (χ0) is 16.2. The number of carboxylic acid groups (broad SMARTS) is 1. The molecule has 1 aromatic rings. The Labute approximate surface area is 132 Å². The number of hydrogen-bond donors (Lipinski definition) is 2. The highest BCUT2D eigenvalue weighted by Gasteiger charge is 2.21. The van der Waals surface area contributed by atoms with E-state index in [-0.39, 0.29) is 5.41 Å². The van der Waals surface area contributed by atoms with Gasteiger partial charge in [-0.15, -0.1) is 0 Å². The average molecular weight is 305 g/mol. The molecule has 0 saturated carbocycles. The summed E-state index contributed by atoms with van der Waals surface area (Å²) < 4.78 is 5.48. The molecule has 0 aliphatic carbocycles. The van der Waals surface area contributed by atoms with Crippen molar-refractivity contribution in [1.29, 1.82) is 0 Å². The molecule has 122 valence electrons. The van der Waals surface area contributed by atoms with Crippen LogP contribution in [-0.4, -0.2) is 23.7 Å². The molecule has 0 aromatic heterocycles. The second kappa shape index (κ2) is 7.25. The van der Waals surface area contributed by atoms with Crippen molar-refractivity contribution in [2.45, 2.75) is 59.2 Å². The van der Waals surface area contributed by atoms with Crippen molar-refractivity contribution in [3.8, 4) is 0 Å². The van der Waals surface area contributed by atoms with Gasteiger partial charge in [-0.25, -0.2) is 0 Å². The van der Waals surface area contributed by atoms with Crippen molar-refractivity contribution < 1.29 is 14.6 Å². The van der Waals surface area contributed by atoms with E-state index in [1.54, 1.807) is 0 Å². The monoisotopic (exact) mass is 305 g/mol. The van der Waals surface area contributed by atoms with Gasteiger partial charge in [0.1, 0.15) is 6.04 Å². The maximum Gasteiger partial charge on any atom is 0.320 e. The smallest absolute Gasteiger partial charge is 0.320 e. The third-order valence-corrected chi connectivity index (χ3v) is 4.14. The summed E-state index contributed by atoms with van der Waals surface area (Å²) in [6, 6.07) is 5.71. The minimum Gasteiger partial charge on any atom is -0.480 e. The zero-order valence-corrected chi connectivity index (χ0v) is 13.8. The van der Waals surface area contributed by atoms with E-state index in [1.807, 2.05) is 6.07 Å². The van der Waals surface area contributed by atoms with Crippen LogP contribution in [0.25, 0.3) is 0 Å². The summed E-state index contributed by atoms with van der Waals surface area (Å²) >= 11 is 0. The highest BCUT2D eigenvalue weighted by molar-refractivity contribution is 5.73. The van der Waals surface area contributed by atoms with E-state index in [0.717, 1.165) is 19.4 Å². The second-order valence-electron chi connectivity index (χ2n) is 7.23. The number of ether oxygens (including phenoxy) is 1. The van der Waals surface area contributed by atoms with Crippen LogP contribution >= 0.6 is 0 Å². The first kappa shape index (κ1) is 17.0. The fraction of sp³-hybridized carbons (Fsp3) is 0.611. The number of fused-ring (bicyclic) bond motifs is 1. The molecule has 1 heterocycles. The van der Waals surface area contributed by atoms with Crippen molar-refractivity contribution in [2.75, 3.05) is 6.61 Å². The molecule has 4 heteroatoms. The Balaban J connectivity index is 1.99. The Hall–Kier alpha value is -1.39. The topological polar surface area (TPSA) is 58.6 Å². The molecule has 1 atom stereocenters. The molecule has 2 rings (SSSR count). The first-order valence-electron chi connectivity index (χ1n) is 8.00. The van der Waals surface area contributed by atoms with E-state index in [0.29, 0.717) is 19.6 Å². The van der Waals surface area contributed by atoms with Crippen LogP contribution in [-0.2, 0) is 29.1 Å². The van der Waals surface area contributed by atoms with Crippen LogP contribution in [0, 0.1) is 5.41 Å². The lowest BCUT2D eigenvalue weighted by atomic mass is 9.88. The molecule has 0 unspecified atom stereocenters. The molecular weight excluding hydrogens is 278 g/mol.